The van der Waals surface area contributed by atoms with Crippen LogP contribution in [0.2, 0.25) is 0 Å². The number of hydrogen-bond acceptors (Lipinski definition) is 3. The van der Waals surface area contributed by atoms with Gasteiger partial charge in [-0.05, 0) is 13.5 Å². The van der Waals surface area contributed by atoms with E-state index in [2.05, 4.69) is 10.6 Å². The maximum atomic E-state index is 11.2. The summed E-state index contributed by atoms with van der Waals surface area (Å²) in [6, 6.07) is 0.110. The molecule has 0 aliphatic carbocycles. The van der Waals surface area contributed by atoms with Crippen molar-refractivity contribution in [3.8, 4) is 0 Å². The second-order valence-corrected chi connectivity index (χ2v) is 3.61. The van der Waals surface area contributed by atoms with Crippen molar-refractivity contribution in [2.24, 2.45) is 0 Å². The monoisotopic (exact) mass is 199 g/mol. The zero-order valence-corrected chi connectivity index (χ0v) is 8.67. The normalized spacial score (nSPS) is 22.3. The number of carbonyl (C=O) groups excluding carboxylic acids is 2. The molecule has 1 saturated heterocycles. The van der Waals surface area contributed by atoms with E-state index in [0.717, 1.165) is 6.42 Å². The van der Waals surface area contributed by atoms with Crippen LogP contribution < -0.4 is 10.6 Å². The van der Waals surface area contributed by atoms with Crippen LogP contribution >= 0.6 is 0 Å². The van der Waals surface area contributed by atoms with Gasteiger partial charge in [0, 0.05) is 26.1 Å². The van der Waals surface area contributed by atoms with Crippen LogP contribution in [-0.2, 0) is 9.59 Å². The number of hydrogen-bond donors (Lipinski definition) is 2. The van der Waals surface area contributed by atoms with Crippen molar-refractivity contribution >= 4 is 11.8 Å². The van der Waals surface area contributed by atoms with Crippen LogP contribution in [0.15, 0.2) is 0 Å². The molecule has 0 aromatic rings. The number of rotatable bonds is 3. The number of nitrogens with one attached hydrogen (secondary N) is 2. The molecule has 1 aliphatic rings. The number of amides is 2. The molecule has 0 radical (unpaired) electrons. The average Bonchev–Trinajstić information content (AvgIpc) is 2.12. The first-order chi connectivity index (χ1) is 6.63. The molecular formula is C9H17N3O2. The number of likely N-dealkylation sites (tertiary alicyclic amines) is 1. The van der Waals surface area contributed by atoms with Gasteiger partial charge in [-0.15, -0.1) is 0 Å². The quantitative estimate of drug-likeness (QED) is 0.609. The highest BCUT2D eigenvalue weighted by Gasteiger charge is 2.23. The molecule has 0 saturated carbocycles. The van der Waals surface area contributed by atoms with Gasteiger partial charge in [-0.2, -0.15) is 0 Å². The molecule has 2 amide bonds. The molecule has 1 unspecified atom stereocenters. The SMILES string of the molecule is CNCC(=O)NC1CCC(=O)N(C)C1. The Labute approximate surface area is 83.8 Å². The minimum Gasteiger partial charge on any atom is -0.350 e. The summed E-state index contributed by atoms with van der Waals surface area (Å²) in [5.41, 5.74) is 0. The minimum atomic E-state index is -0.0137. The van der Waals surface area contributed by atoms with Crippen LogP contribution in [-0.4, -0.2) is 49.9 Å². The molecule has 1 atom stereocenters. The Morgan fingerprint density at radius 2 is 2.36 bits per heavy atom. The lowest BCUT2D eigenvalue weighted by Gasteiger charge is -2.30. The fraction of sp³-hybridized carbons (Fsp3) is 0.778. The largest absolute Gasteiger partial charge is 0.350 e. The molecule has 2 N–H and O–H groups in total. The average molecular weight is 199 g/mol. The maximum absolute atomic E-state index is 11.2. The fourth-order valence-electron chi connectivity index (χ4n) is 1.57. The van der Waals surface area contributed by atoms with Crippen LogP contribution in [0.3, 0.4) is 0 Å². The van der Waals surface area contributed by atoms with Crippen LogP contribution in [0.25, 0.3) is 0 Å². The van der Waals surface area contributed by atoms with Gasteiger partial charge in [-0.1, -0.05) is 0 Å². The number of nitrogens with zero attached hydrogens (tertiary/aromatic N) is 1. The van der Waals surface area contributed by atoms with Gasteiger partial charge in [-0.3, -0.25) is 9.59 Å². The van der Waals surface area contributed by atoms with E-state index in [4.69, 9.17) is 0 Å². The molecule has 5 nitrogen and oxygen atoms in total. The molecule has 0 aromatic carbocycles. The van der Waals surface area contributed by atoms with Crippen molar-refractivity contribution in [3.63, 3.8) is 0 Å². The van der Waals surface area contributed by atoms with Gasteiger partial charge in [0.1, 0.15) is 0 Å². The van der Waals surface area contributed by atoms with Crippen molar-refractivity contribution in [1.82, 2.24) is 15.5 Å². The van der Waals surface area contributed by atoms with Crippen molar-refractivity contribution < 1.29 is 9.59 Å². The number of carbonyl (C=O) groups is 2. The summed E-state index contributed by atoms with van der Waals surface area (Å²) in [5.74, 6) is 0.143. The van der Waals surface area contributed by atoms with E-state index in [1.165, 1.54) is 0 Å². The van der Waals surface area contributed by atoms with Gasteiger partial charge in [-0.25, -0.2) is 0 Å². The lowest BCUT2D eigenvalue weighted by atomic mass is 10.1. The summed E-state index contributed by atoms with van der Waals surface area (Å²) in [6.07, 6.45) is 1.28. The van der Waals surface area contributed by atoms with Crippen LogP contribution in [0.4, 0.5) is 0 Å². The summed E-state index contributed by atoms with van der Waals surface area (Å²) in [6.45, 7) is 0.947. The summed E-state index contributed by atoms with van der Waals surface area (Å²) in [5, 5.41) is 5.66. The zero-order valence-electron chi connectivity index (χ0n) is 8.67. The Morgan fingerprint density at radius 3 is 2.93 bits per heavy atom. The van der Waals surface area contributed by atoms with Gasteiger partial charge >= 0.3 is 0 Å². The van der Waals surface area contributed by atoms with E-state index in [9.17, 15) is 9.59 Å². The highest BCUT2D eigenvalue weighted by atomic mass is 16.2. The first kappa shape index (κ1) is 11.0. The molecule has 0 aromatic heterocycles. The van der Waals surface area contributed by atoms with Crippen molar-refractivity contribution in [2.45, 2.75) is 18.9 Å². The van der Waals surface area contributed by atoms with Crippen LogP contribution in [0.5, 0.6) is 0 Å². The van der Waals surface area contributed by atoms with Crippen LogP contribution in [0.1, 0.15) is 12.8 Å². The highest BCUT2D eigenvalue weighted by Crippen LogP contribution is 2.09. The minimum absolute atomic E-state index is 0.0137. The predicted octanol–water partition coefficient (Wildman–Crippen LogP) is -1.06. The standard InChI is InChI=1S/C9H17N3O2/c1-10-5-8(13)11-7-3-4-9(14)12(2)6-7/h7,10H,3-6H2,1-2H3,(H,11,13). The molecule has 0 spiro atoms. The van der Waals surface area contributed by atoms with Gasteiger partial charge in [0.2, 0.25) is 11.8 Å². The Morgan fingerprint density at radius 1 is 1.64 bits per heavy atom. The van der Waals surface area contributed by atoms with Gasteiger partial charge < -0.3 is 15.5 Å². The Bertz CT molecular complexity index is 230. The Balaban J connectivity index is 2.32. The van der Waals surface area contributed by atoms with E-state index in [-0.39, 0.29) is 17.9 Å². The summed E-state index contributed by atoms with van der Waals surface area (Å²) in [4.78, 5) is 24.0. The summed E-state index contributed by atoms with van der Waals surface area (Å²) in [7, 11) is 3.49. The summed E-state index contributed by atoms with van der Waals surface area (Å²) < 4.78 is 0. The molecule has 1 aliphatic heterocycles. The van der Waals surface area contributed by atoms with E-state index in [1.807, 2.05) is 0 Å². The first-order valence-electron chi connectivity index (χ1n) is 4.81. The van der Waals surface area contributed by atoms with Crippen molar-refractivity contribution in [3.05, 3.63) is 0 Å². The van der Waals surface area contributed by atoms with E-state index < -0.39 is 0 Å². The third-order valence-corrected chi connectivity index (χ3v) is 2.33. The Hall–Kier alpha value is -1.10. The van der Waals surface area contributed by atoms with Gasteiger partial charge in [0.05, 0.1) is 6.54 Å². The van der Waals surface area contributed by atoms with Gasteiger partial charge in [0.15, 0.2) is 0 Å². The maximum Gasteiger partial charge on any atom is 0.234 e. The fourth-order valence-corrected chi connectivity index (χ4v) is 1.57. The molecular weight excluding hydrogens is 182 g/mol. The molecule has 80 valence electrons. The number of piperidine rings is 1. The molecule has 5 heteroatoms. The van der Waals surface area contributed by atoms with Crippen LogP contribution in [0, 0.1) is 0 Å². The second-order valence-electron chi connectivity index (χ2n) is 3.61. The van der Waals surface area contributed by atoms with E-state index in [0.29, 0.717) is 19.5 Å². The Kier molecular flexibility index (Phi) is 3.88. The van der Waals surface area contributed by atoms with Gasteiger partial charge in [0.25, 0.3) is 0 Å². The predicted molar refractivity (Wildman–Crippen MR) is 52.7 cm³/mol. The molecule has 14 heavy (non-hydrogen) atoms. The number of likely N-dealkylation sites (N-methyl/N-ethyl adjacent to an activating group) is 2. The van der Waals surface area contributed by atoms with E-state index >= 15 is 0 Å². The lowest BCUT2D eigenvalue weighted by molar-refractivity contribution is -0.133. The third kappa shape index (κ3) is 2.99. The molecule has 1 heterocycles. The zero-order chi connectivity index (χ0) is 10.6. The van der Waals surface area contributed by atoms with Crippen molar-refractivity contribution in [2.75, 3.05) is 27.2 Å². The van der Waals surface area contributed by atoms with Crippen molar-refractivity contribution in [1.29, 1.82) is 0 Å². The summed E-state index contributed by atoms with van der Waals surface area (Å²) >= 11 is 0. The van der Waals surface area contributed by atoms with E-state index in [1.54, 1.807) is 19.0 Å². The third-order valence-electron chi connectivity index (χ3n) is 2.33. The smallest absolute Gasteiger partial charge is 0.234 e. The highest BCUT2D eigenvalue weighted by molar-refractivity contribution is 5.80. The topological polar surface area (TPSA) is 61.4 Å². The first-order valence-corrected chi connectivity index (χ1v) is 4.81. The molecule has 1 rings (SSSR count). The molecule has 1 fully saturated rings. The molecule has 0 bridgehead atoms. The second kappa shape index (κ2) is 4.95. The lowest BCUT2D eigenvalue weighted by Crippen LogP contribution is -2.49.